The molecule has 1 aromatic rings. The van der Waals surface area contributed by atoms with E-state index in [0.717, 1.165) is 3.57 Å². The van der Waals surface area contributed by atoms with Crippen molar-refractivity contribution in [2.45, 2.75) is 13.8 Å². The third-order valence-corrected chi connectivity index (χ3v) is 3.77. The highest BCUT2D eigenvalue weighted by molar-refractivity contribution is 14.1. The van der Waals surface area contributed by atoms with Gasteiger partial charge >= 0.3 is 11.9 Å². The fraction of sp³-hybridized carbons (Fsp3) is 0.385. The van der Waals surface area contributed by atoms with Gasteiger partial charge in [0.25, 0.3) is 10.1 Å². The molecule has 0 saturated carbocycles. The maximum atomic E-state index is 11.9. The number of hydrogen-bond acceptors (Lipinski definition) is 6. The summed E-state index contributed by atoms with van der Waals surface area (Å²) in [6.45, 7) is 2.81. The fourth-order valence-corrected chi connectivity index (χ4v) is 2.05. The van der Waals surface area contributed by atoms with Crippen molar-refractivity contribution < 1.29 is 32.0 Å². The Kier molecular flexibility index (Phi) is 6.75. The Balaban J connectivity index is 2.89. The molecule has 0 aliphatic carbocycles. The average molecular weight is 442 g/mol. The van der Waals surface area contributed by atoms with Crippen LogP contribution >= 0.6 is 22.6 Å². The topological polar surface area (TPSA) is 107 Å². The third-order valence-electron chi connectivity index (χ3n) is 2.42. The van der Waals surface area contributed by atoms with Gasteiger partial charge in [0.15, 0.2) is 0 Å². The lowest BCUT2D eigenvalue weighted by Crippen LogP contribution is -2.19. The molecule has 0 radical (unpaired) electrons. The number of hydrogen-bond donors (Lipinski definition) is 1. The highest BCUT2D eigenvalue weighted by Crippen LogP contribution is 2.23. The van der Waals surface area contributed by atoms with Gasteiger partial charge in [0.2, 0.25) is 0 Å². The number of esters is 2. The molecule has 0 bridgehead atoms. The van der Waals surface area contributed by atoms with E-state index < -0.39 is 34.4 Å². The quantitative estimate of drug-likeness (QED) is 0.310. The van der Waals surface area contributed by atoms with E-state index in [0.29, 0.717) is 0 Å². The van der Waals surface area contributed by atoms with Crippen molar-refractivity contribution in [1.82, 2.24) is 0 Å². The molecule has 0 heterocycles. The zero-order valence-corrected chi connectivity index (χ0v) is 14.9. The van der Waals surface area contributed by atoms with Crippen LogP contribution in [0.3, 0.4) is 0 Å². The summed E-state index contributed by atoms with van der Waals surface area (Å²) < 4.78 is 40.4. The largest absolute Gasteiger partial charge is 0.461 e. The Hall–Kier alpha value is -1.20. The van der Waals surface area contributed by atoms with E-state index in [1.807, 2.05) is 22.6 Å². The van der Waals surface area contributed by atoms with Crippen LogP contribution in [0.2, 0.25) is 0 Å². The monoisotopic (exact) mass is 442 g/mol. The van der Waals surface area contributed by atoms with Crippen LogP contribution in [-0.2, 0) is 19.6 Å². The van der Waals surface area contributed by atoms with E-state index in [-0.39, 0.29) is 17.2 Å². The van der Waals surface area contributed by atoms with E-state index in [1.165, 1.54) is 12.1 Å². The van der Waals surface area contributed by atoms with E-state index >= 15 is 0 Å². The maximum absolute atomic E-state index is 11.9. The molecule has 0 fully saturated rings. The summed E-state index contributed by atoms with van der Waals surface area (Å²) >= 11 is 1.99. The smallest absolute Gasteiger partial charge is 0.341 e. The van der Waals surface area contributed by atoms with Crippen molar-refractivity contribution >= 4 is 44.6 Å². The predicted molar refractivity (Wildman–Crippen MR) is 86.3 cm³/mol. The molecule has 7 nitrogen and oxygen atoms in total. The third kappa shape index (κ3) is 6.28. The van der Waals surface area contributed by atoms with Crippen LogP contribution in [0.25, 0.3) is 0 Å². The highest BCUT2D eigenvalue weighted by atomic mass is 127. The van der Waals surface area contributed by atoms with Crippen molar-refractivity contribution in [3.63, 3.8) is 0 Å². The number of carbonyl (C=O) groups excluding carboxylic acids is 2. The second-order valence-corrected chi connectivity index (χ2v) is 7.46. The Morgan fingerprint density at radius 1 is 1.32 bits per heavy atom. The highest BCUT2D eigenvalue weighted by Gasteiger charge is 2.19. The minimum Gasteiger partial charge on any atom is -0.461 e. The molecule has 0 unspecified atom stereocenters. The summed E-state index contributed by atoms with van der Waals surface area (Å²) in [7, 11) is -4.21. The van der Waals surface area contributed by atoms with Gasteiger partial charge in [-0.3, -0.25) is 9.35 Å². The lowest BCUT2D eigenvalue weighted by Gasteiger charge is -2.11. The predicted octanol–water partition coefficient (Wildman–Crippen LogP) is 1.90. The number of carbonyl (C=O) groups is 2. The second-order valence-electron chi connectivity index (χ2n) is 4.64. The van der Waals surface area contributed by atoms with Crippen molar-refractivity contribution in [3.8, 4) is 5.75 Å². The van der Waals surface area contributed by atoms with Crippen LogP contribution in [0.5, 0.6) is 5.75 Å². The standard InChI is InChI=1S/C13H15IO7S/c1-8(2)12(15)21-11-7-9(14)3-4-10(11)13(16)20-5-6-22(17,18)19/h3-4,7-8H,5-6H2,1-2H3,(H,17,18,19). The first-order chi connectivity index (χ1) is 10.1. The van der Waals surface area contributed by atoms with Crippen LogP contribution in [-0.4, -0.2) is 37.3 Å². The first kappa shape index (κ1) is 18.8. The Bertz CT molecular complexity index is 667. The van der Waals surface area contributed by atoms with E-state index in [9.17, 15) is 18.0 Å². The number of halogens is 1. The summed E-state index contributed by atoms with van der Waals surface area (Å²) in [5.41, 5.74) is 0.00440. The molecule has 1 rings (SSSR count). The van der Waals surface area contributed by atoms with E-state index in [4.69, 9.17) is 14.0 Å². The van der Waals surface area contributed by atoms with Crippen LogP contribution in [0, 0.1) is 9.49 Å². The van der Waals surface area contributed by atoms with Gasteiger partial charge in [0, 0.05) is 3.57 Å². The second kappa shape index (κ2) is 7.88. The van der Waals surface area contributed by atoms with Gasteiger partial charge in [0.05, 0.1) is 5.92 Å². The maximum Gasteiger partial charge on any atom is 0.341 e. The summed E-state index contributed by atoms with van der Waals surface area (Å²) in [5, 5.41) is 0. The van der Waals surface area contributed by atoms with Gasteiger partial charge < -0.3 is 9.47 Å². The fourth-order valence-electron chi connectivity index (χ4n) is 1.29. The summed E-state index contributed by atoms with van der Waals surface area (Å²) in [4.78, 5) is 23.6. The van der Waals surface area contributed by atoms with Gasteiger partial charge in [-0.25, -0.2) is 4.79 Å². The lowest BCUT2D eigenvalue weighted by molar-refractivity contribution is -0.137. The van der Waals surface area contributed by atoms with Crippen molar-refractivity contribution in [2.24, 2.45) is 5.92 Å². The van der Waals surface area contributed by atoms with E-state index in [2.05, 4.69) is 0 Å². The van der Waals surface area contributed by atoms with Gasteiger partial charge in [-0.1, -0.05) is 13.8 Å². The molecule has 1 N–H and O–H groups in total. The molecule has 0 spiro atoms. The van der Waals surface area contributed by atoms with Crippen molar-refractivity contribution in [1.29, 1.82) is 0 Å². The van der Waals surface area contributed by atoms with Gasteiger partial charge in [-0.15, -0.1) is 0 Å². The summed E-state index contributed by atoms with van der Waals surface area (Å²) in [6.07, 6.45) is 0. The number of benzene rings is 1. The van der Waals surface area contributed by atoms with Crippen LogP contribution in [0.4, 0.5) is 0 Å². The molecule has 1 aromatic carbocycles. The normalized spacial score (nSPS) is 11.3. The lowest BCUT2D eigenvalue weighted by atomic mass is 10.2. The molecular weight excluding hydrogens is 427 g/mol. The van der Waals surface area contributed by atoms with Crippen LogP contribution in [0.15, 0.2) is 18.2 Å². The molecule has 0 atom stereocenters. The molecule has 0 saturated heterocycles. The number of rotatable bonds is 6. The molecule has 22 heavy (non-hydrogen) atoms. The van der Waals surface area contributed by atoms with E-state index in [1.54, 1.807) is 19.9 Å². The van der Waals surface area contributed by atoms with Gasteiger partial charge in [-0.2, -0.15) is 8.42 Å². The van der Waals surface area contributed by atoms with Crippen LogP contribution in [0.1, 0.15) is 24.2 Å². The zero-order valence-electron chi connectivity index (χ0n) is 11.9. The molecule has 122 valence electrons. The molecule has 9 heteroatoms. The molecule has 0 aliphatic rings. The van der Waals surface area contributed by atoms with Crippen molar-refractivity contribution in [2.75, 3.05) is 12.4 Å². The van der Waals surface area contributed by atoms with Gasteiger partial charge in [-0.05, 0) is 40.8 Å². The molecular formula is C13H15IO7S. The minimum atomic E-state index is -4.21. The molecule has 0 aromatic heterocycles. The minimum absolute atomic E-state index is 0.00440. The first-order valence-electron chi connectivity index (χ1n) is 6.23. The SMILES string of the molecule is CC(C)C(=O)Oc1cc(I)ccc1C(=O)OCCS(=O)(=O)O. The first-order valence-corrected chi connectivity index (χ1v) is 8.92. The molecule has 0 amide bonds. The summed E-state index contributed by atoms with van der Waals surface area (Å²) in [5.74, 6) is -2.38. The molecule has 0 aliphatic heterocycles. The number of ether oxygens (including phenoxy) is 2. The Morgan fingerprint density at radius 2 is 1.95 bits per heavy atom. The Morgan fingerprint density at radius 3 is 2.50 bits per heavy atom. The average Bonchev–Trinajstić information content (AvgIpc) is 2.36. The zero-order chi connectivity index (χ0) is 16.9. The Labute approximate surface area is 141 Å². The van der Waals surface area contributed by atoms with Crippen molar-refractivity contribution in [3.05, 3.63) is 27.3 Å². The van der Waals surface area contributed by atoms with Crippen LogP contribution < -0.4 is 4.74 Å². The van der Waals surface area contributed by atoms with Gasteiger partial charge in [0.1, 0.15) is 23.7 Å². The summed E-state index contributed by atoms with van der Waals surface area (Å²) in [6, 6.07) is 4.54.